The summed E-state index contributed by atoms with van der Waals surface area (Å²) >= 11 is 6.29. The van der Waals surface area contributed by atoms with Crippen LogP contribution in [0.1, 0.15) is 25.3 Å². The minimum absolute atomic E-state index is 0.247. The summed E-state index contributed by atoms with van der Waals surface area (Å²) in [4.78, 5) is 4.66. The molecule has 0 atom stereocenters. The van der Waals surface area contributed by atoms with Crippen LogP contribution >= 0.6 is 11.6 Å². The monoisotopic (exact) mass is 467 g/mol. The fourth-order valence-electron chi connectivity index (χ4n) is 4.40. The number of aromatic nitrogens is 5. The summed E-state index contributed by atoms with van der Waals surface area (Å²) in [5.74, 6) is 1.76. The SMILES string of the molecule is CCn1ncc2c3c(NCc4ccc(OC)c(Cl)c4)nnc([N+]4(O)CC[CH]CC4)c3cnc21. The van der Waals surface area contributed by atoms with E-state index in [2.05, 4.69) is 32.0 Å². The van der Waals surface area contributed by atoms with Crippen LogP contribution in [0.25, 0.3) is 21.8 Å². The molecule has 9 nitrogen and oxygen atoms in total. The largest absolute Gasteiger partial charge is 0.495 e. The summed E-state index contributed by atoms with van der Waals surface area (Å²) in [7, 11) is 1.59. The Morgan fingerprint density at radius 3 is 2.73 bits per heavy atom. The molecule has 5 rings (SSSR count). The lowest BCUT2D eigenvalue weighted by molar-refractivity contribution is -0.0883. The third-order valence-corrected chi connectivity index (χ3v) is 6.46. The second-order valence-corrected chi connectivity index (χ2v) is 8.58. The minimum Gasteiger partial charge on any atom is -0.495 e. The molecule has 2 N–H and O–H groups in total. The molecule has 1 aliphatic heterocycles. The zero-order chi connectivity index (χ0) is 23.0. The fourth-order valence-corrected chi connectivity index (χ4v) is 4.68. The summed E-state index contributed by atoms with van der Waals surface area (Å²) in [5, 5.41) is 31.3. The predicted octanol–water partition coefficient (Wildman–Crippen LogP) is 4.36. The van der Waals surface area contributed by atoms with Crippen LogP contribution in [0.4, 0.5) is 11.6 Å². The number of halogens is 1. The van der Waals surface area contributed by atoms with Crippen molar-refractivity contribution in [1.29, 1.82) is 0 Å². The predicted molar refractivity (Wildman–Crippen MR) is 128 cm³/mol. The first-order valence-electron chi connectivity index (χ1n) is 11.0. The lowest BCUT2D eigenvalue weighted by atomic mass is 10.1. The standard InChI is InChI=1S/C23H26ClN7O2/c1-3-30-22-16(14-27-30)20-17(13-26-22)23(31(32)9-5-4-6-10-31)29-28-21(20)25-12-15-7-8-19(33-2)18(24)11-15/h4,7-8,11,13-14,32H,3,5-6,9-10,12H2,1-2H3,(H,25,28)/q+1. The molecule has 1 aromatic carbocycles. The van der Waals surface area contributed by atoms with E-state index in [1.165, 1.54) is 0 Å². The highest BCUT2D eigenvalue weighted by Gasteiger charge is 2.36. The number of hydrogen-bond acceptors (Lipinski definition) is 7. The number of nitrogens with one attached hydrogen (secondary N) is 1. The van der Waals surface area contributed by atoms with Gasteiger partial charge in [-0.3, -0.25) is 0 Å². The average Bonchev–Trinajstić information content (AvgIpc) is 3.26. The van der Waals surface area contributed by atoms with Gasteiger partial charge in [-0.2, -0.15) is 5.10 Å². The molecule has 1 aliphatic rings. The summed E-state index contributed by atoms with van der Waals surface area (Å²) in [5.41, 5.74) is 1.75. The normalized spacial score (nSPS) is 15.8. The van der Waals surface area contributed by atoms with Gasteiger partial charge in [0.25, 0.3) is 5.82 Å². The number of quaternary nitrogens is 1. The van der Waals surface area contributed by atoms with Gasteiger partial charge in [0.1, 0.15) is 18.8 Å². The van der Waals surface area contributed by atoms with E-state index in [1.54, 1.807) is 19.5 Å². The molecule has 33 heavy (non-hydrogen) atoms. The number of hydroxylamine groups is 2. The van der Waals surface area contributed by atoms with Gasteiger partial charge in [-0.1, -0.05) is 22.8 Å². The van der Waals surface area contributed by atoms with Crippen LogP contribution in [0.3, 0.4) is 0 Å². The highest BCUT2D eigenvalue weighted by Crippen LogP contribution is 2.37. The van der Waals surface area contributed by atoms with Crippen LogP contribution in [-0.4, -0.2) is 50.4 Å². The van der Waals surface area contributed by atoms with Crippen LogP contribution in [0.5, 0.6) is 5.75 Å². The van der Waals surface area contributed by atoms with E-state index >= 15 is 0 Å². The summed E-state index contributed by atoms with van der Waals surface area (Å²) in [6, 6.07) is 5.65. The Morgan fingerprint density at radius 1 is 1.18 bits per heavy atom. The molecule has 0 bridgehead atoms. The molecule has 0 amide bonds. The lowest BCUT2D eigenvalue weighted by Crippen LogP contribution is -2.50. The number of methoxy groups -OCH3 is 1. The van der Waals surface area contributed by atoms with Gasteiger partial charge in [0, 0.05) is 37.5 Å². The van der Waals surface area contributed by atoms with Crippen molar-refractivity contribution in [3.63, 3.8) is 0 Å². The van der Waals surface area contributed by atoms with Gasteiger partial charge >= 0.3 is 0 Å². The summed E-state index contributed by atoms with van der Waals surface area (Å²) < 4.78 is 6.84. The number of fused-ring (bicyclic) bond motifs is 3. The van der Waals surface area contributed by atoms with Crippen LogP contribution in [0, 0.1) is 6.42 Å². The van der Waals surface area contributed by atoms with E-state index in [-0.39, 0.29) is 4.65 Å². The Balaban J connectivity index is 1.61. The van der Waals surface area contributed by atoms with E-state index in [1.807, 2.05) is 29.8 Å². The Bertz CT molecular complexity index is 1320. The minimum atomic E-state index is -0.247. The van der Waals surface area contributed by atoms with Gasteiger partial charge in [-0.15, -0.1) is 9.75 Å². The molecule has 0 spiro atoms. The van der Waals surface area contributed by atoms with Gasteiger partial charge in [0.2, 0.25) is 0 Å². The second kappa shape index (κ2) is 8.74. The van der Waals surface area contributed by atoms with Gasteiger partial charge in [-0.05, 0) is 31.0 Å². The Hall–Kier alpha value is -3.01. The molecular weight excluding hydrogens is 442 g/mol. The maximum Gasteiger partial charge on any atom is 0.288 e. The zero-order valence-electron chi connectivity index (χ0n) is 18.6. The topological polar surface area (TPSA) is 98.0 Å². The van der Waals surface area contributed by atoms with Crippen molar-refractivity contribution >= 4 is 45.0 Å². The van der Waals surface area contributed by atoms with Crippen molar-refractivity contribution < 1.29 is 9.94 Å². The van der Waals surface area contributed by atoms with E-state index in [0.717, 1.165) is 40.2 Å². The van der Waals surface area contributed by atoms with E-state index in [0.29, 0.717) is 48.6 Å². The lowest BCUT2D eigenvalue weighted by Gasteiger charge is -2.32. The smallest absolute Gasteiger partial charge is 0.288 e. The Morgan fingerprint density at radius 2 is 2.00 bits per heavy atom. The molecule has 10 heteroatoms. The van der Waals surface area contributed by atoms with Crippen LogP contribution < -0.4 is 14.7 Å². The molecule has 3 aromatic heterocycles. The third-order valence-electron chi connectivity index (χ3n) is 6.16. The Labute approximate surface area is 196 Å². The number of pyridine rings is 1. The van der Waals surface area contributed by atoms with E-state index < -0.39 is 0 Å². The number of nitrogens with zero attached hydrogens (tertiary/aromatic N) is 6. The van der Waals surface area contributed by atoms with Gasteiger partial charge < -0.3 is 10.1 Å². The van der Waals surface area contributed by atoms with Gasteiger partial charge in [0.05, 0.1) is 29.1 Å². The van der Waals surface area contributed by atoms with Crippen LogP contribution in [0.2, 0.25) is 5.02 Å². The molecule has 1 fully saturated rings. The van der Waals surface area contributed by atoms with Gasteiger partial charge in [0.15, 0.2) is 11.5 Å². The third kappa shape index (κ3) is 3.86. The molecular formula is C23H26ClN7O2+. The molecule has 0 saturated carbocycles. The number of anilines is 1. The maximum atomic E-state index is 11.4. The van der Waals surface area contributed by atoms with Crippen molar-refractivity contribution in [2.24, 2.45) is 0 Å². The molecule has 1 saturated heterocycles. The molecule has 0 aliphatic carbocycles. The molecule has 4 aromatic rings. The van der Waals surface area contributed by atoms with Crippen molar-refractivity contribution in [2.75, 3.05) is 25.5 Å². The van der Waals surface area contributed by atoms with Crippen molar-refractivity contribution in [2.45, 2.75) is 32.9 Å². The van der Waals surface area contributed by atoms with Crippen molar-refractivity contribution in [1.82, 2.24) is 29.6 Å². The fraction of sp³-hybridized carbons (Fsp3) is 0.348. The highest BCUT2D eigenvalue weighted by molar-refractivity contribution is 6.32. The highest BCUT2D eigenvalue weighted by atomic mass is 35.5. The maximum absolute atomic E-state index is 11.4. The van der Waals surface area contributed by atoms with E-state index in [9.17, 15) is 5.21 Å². The molecule has 171 valence electrons. The molecule has 1 radical (unpaired) electrons. The first-order valence-corrected chi connectivity index (χ1v) is 11.4. The van der Waals surface area contributed by atoms with Gasteiger partial charge in [-0.25, -0.2) is 14.9 Å². The van der Waals surface area contributed by atoms with Crippen molar-refractivity contribution in [3.05, 3.63) is 47.6 Å². The average molecular weight is 468 g/mol. The summed E-state index contributed by atoms with van der Waals surface area (Å²) in [6.07, 6.45) is 7.42. The first kappa shape index (κ1) is 21.8. The summed E-state index contributed by atoms with van der Waals surface area (Å²) in [6.45, 7) is 4.35. The number of piperidine rings is 1. The number of hydrogen-bond donors (Lipinski definition) is 2. The van der Waals surface area contributed by atoms with Crippen LogP contribution in [-0.2, 0) is 13.1 Å². The number of rotatable bonds is 6. The molecule has 4 heterocycles. The quantitative estimate of drug-likeness (QED) is 0.406. The van der Waals surface area contributed by atoms with Crippen LogP contribution in [0.15, 0.2) is 30.6 Å². The number of benzene rings is 1. The second-order valence-electron chi connectivity index (χ2n) is 8.18. The molecule has 0 unspecified atom stereocenters. The Kier molecular flexibility index (Phi) is 5.77. The first-order chi connectivity index (χ1) is 16.0. The van der Waals surface area contributed by atoms with E-state index in [4.69, 9.17) is 16.3 Å². The number of aryl methyl sites for hydroxylation is 1. The van der Waals surface area contributed by atoms with Crippen molar-refractivity contribution in [3.8, 4) is 5.75 Å². The number of ether oxygens (including phenoxy) is 1. The zero-order valence-corrected chi connectivity index (χ0v) is 19.4.